The number of hydrogen-bond acceptors (Lipinski definition) is 3. The largest absolute Gasteiger partial charge is 0.368 e. The molecular formula is C22H18ClN3O2. The summed E-state index contributed by atoms with van der Waals surface area (Å²) in [7, 11) is 0. The minimum atomic E-state index is -0.838. The molecule has 2 amide bonds. The standard InChI is InChI=1S/C22H18ClN3O2/c23-19-10-9-13(12-25-19)11-18(21(24)27)26-22(28)20-16-7-3-1-5-14(16)15-6-2-4-8-17(15)20/h1-10,12,18,20H,11H2,(H2,24,27)(H,26,28)/t18-/m1/s1. The zero-order valence-electron chi connectivity index (χ0n) is 14.9. The van der Waals surface area contributed by atoms with Crippen molar-refractivity contribution in [3.63, 3.8) is 0 Å². The fraction of sp³-hybridized carbons (Fsp3) is 0.136. The van der Waals surface area contributed by atoms with E-state index in [9.17, 15) is 9.59 Å². The summed E-state index contributed by atoms with van der Waals surface area (Å²) < 4.78 is 0. The van der Waals surface area contributed by atoms with Gasteiger partial charge >= 0.3 is 0 Å². The summed E-state index contributed by atoms with van der Waals surface area (Å²) in [6.45, 7) is 0. The molecule has 3 N–H and O–H groups in total. The van der Waals surface area contributed by atoms with Crippen LogP contribution in [-0.4, -0.2) is 22.8 Å². The monoisotopic (exact) mass is 391 g/mol. The lowest BCUT2D eigenvalue weighted by molar-refractivity contribution is -0.127. The van der Waals surface area contributed by atoms with Gasteiger partial charge in [-0.05, 0) is 33.9 Å². The van der Waals surface area contributed by atoms with E-state index in [0.29, 0.717) is 5.15 Å². The van der Waals surface area contributed by atoms with E-state index in [1.165, 1.54) is 0 Å². The lowest BCUT2D eigenvalue weighted by Crippen LogP contribution is -2.47. The molecule has 0 saturated carbocycles. The number of nitrogens with zero attached hydrogens (tertiary/aromatic N) is 1. The van der Waals surface area contributed by atoms with Gasteiger partial charge in [-0.2, -0.15) is 0 Å². The van der Waals surface area contributed by atoms with Crippen LogP contribution in [0.1, 0.15) is 22.6 Å². The normalized spacial score (nSPS) is 13.5. The number of aromatic nitrogens is 1. The molecule has 1 aliphatic carbocycles. The van der Waals surface area contributed by atoms with Crippen molar-refractivity contribution in [3.8, 4) is 11.1 Å². The lowest BCUT2D eigenvalue weighted by atomic mass is 9.95. The molecule has 0 radical (unpaired) electrons. The number of carbonyl (C=O) groups is 2. The number of fused-ring (bicyclic) bond motifs is 3. The molecule has 0 spiro atoms. The molecule has 28 heavy (non-hydrogen) atoms. The van der Waals surface area contributed by atoms with Crippen LogP contribution in [0.3, 0.4) is 0 Å². The number of hydrogen-bond donors (Lipinski definition) is 2. The third kappa shape index (κ3) is 3.37. The maximum absolute atomic E-state index is 13.2. The molecule has 0 aliphatic heterocycles. The van der Waals surface area contributed by atoms with E-state index in [1.807, 2.05) is 48.5 Å². The smallest absolute Gasteiger partial charge is 0.240 e. The van der Waals surface area contributed by atoms with Crippen LogP contribution < -0.4 is 11.1 Å². The average molecular weight is 392 g/mol. The minimum absolute atomic E-state index is 0.247. The molecule has 5 nitrogen and oxygen atoms in total. The summed E-state index contributed by atoms with van der Waals surface area (Å²) >= 11 is 5.80. The Bertz CT molecular complexity index is 1000. The number of nitrogens with two attached hydrogens (primary N) is 1. The van der Waals surface area contributed by atoms with Crippen LogP contribution in [0.15, 0.2) is 66.9 Å². The van der Waals surface area contributed by atoms with Crippen LogP contribution in [0, 0.1) is 0 Å². The van der Waals surface area contributed by atoms with Gasteiger partial charge in [0, 0.05) is 12.6 Å². The van der Waals surface area contributed by atoms with E-state index in [2.05, 4.69) is 10.3 Å². The van der Waals surface area contributed by atoms with Crippen molar-refractivity contribution in [2.45, 2.75) is 18.4 Å². The molecule has 1 aromatic heterocycles. The Hall–Kier alpha value is -3.18. The molecule has 6 heteroatoms. The second-order valence-corrected chi connectivity index (χ2v) is 7.15. The Balaban J connectivity index is 1.61. The van der Waals surface area contributed by atoms with Crippen molar-refractivity contribution < 1.29 is 9.59 Å². The molecule has 0 fully saturated rings. The van der Waals surface area contributed by atoms with Gasteiger partial charge in [-0.3, -0.25) is 9.59 Å². The summed E-state index contributed by atoms with van der Waals surface area (Å²) in [5.41, 5.74) is 10.2. The zero-order valence-corrected chi connectivity index (χ0v) is 15.7. The highest BCUT2D eigenvalue weighted by Gasteiger charge is 2.34. The van der Waals surface area contributed by atoms with Gasteiger partial charge in [0.25, 0.3) is 0 Å². The molecule has 1 aliphatic rings. The Labute approximate surface area is 167 Å². The first-order chi connectivity index (χ1) is 13.5. The SMILES string of the molecule is NC(=O)[C@@H](Cc1ccc(Cl)nc1)NC(=O)C1c2ccccc2-c2ccccc21. The minimum Gasteiger partial charge on any atom is -0.368 e. The van der Waals surface area contributed by atoms with Crippen LogP contribution in [0.2, 0.25) is 5.15 Å². The van der Waals surface area contributed by atoms with E-state index in [4.69, 9.17) is 17.3 Å². The number of primary amides is 1. The van der Waals surface area contributed by atoms with Crippen LogP contribution in [-0.2, 0) is 16.0 Å². The second-order valence-electron chi connectivity index (χ2n) is 6.76. The molecule has 2 aromatic carbocycles. The maximum atomic E-state index is 13.2. The van der Waals surface area contributed by atoms with Gasteiger partial charge in [-0.15, -0.1) is 0 Å². The summed E-state index contributed by atoms with van der Waals surface area (Å²) in [6, 6.07) is 18.2. The fourth-order valence-electron chi connectivity index (χ4n) is 3.68. The highest BCUT2D eigenvalue weighted by atomic mass is 35.5. The molecule has 140 valence electrons. The maximum Gasteiger partial charge on any atom is 0.240 e. The average Bonchev–Trinajstić information content (AvgIpc) is 3.03. The summed E-state index contributed by atoms with van der Waals surface area (Å²) in [5, 5.41) is 3.19. The van der Waals surface area contributed by atoms with Crippen molar-refractivity contribution in [1.29, 1.82) is 0 Å². The summed E-state index contributed by atoms with van der Waals surface area (Å²) in [5.74, 6) is -1.32. The first kappa shape index (κ1) is 18.2. The fourth-order valence-corrected chi connectivity index (χ4v) is 3.79. The predicted octanol–water partition coefficient (Wildman–Crippen LogP) is 3.06. The first-order valence-electron chi connectivity index (χ1n) is 8.93. The van der Waals surface area contributed by atoms with E-state index in [-0.39, 0.29) is 12.3 Å². The topological polar surface area (TPSA) is 85.1 Å². The first-order valence-corrected chi connectivity index (χ1v) is 9.30. The van der Waals surface area contributed by atoms with Gasteiger partial charge in [0.15, 0.2) is 0 Å². The Morgan fingerprint density at radius 3 is 2.14 bits per heavy atom. The van der Waals surface area contributed by atoms with Crippen molar-refractivity contribution in [2.24, 2.45) is 5.73 Å². The Kier molecular flexibility index (Phi) is 4.84. The third-order valence-electron chi connectivity index (χ3n) is 4.98. The van der Waals surface area contributed by atoms with Crippen LogP contribution >= 0.6 is 11.6 Å². The molecule has 1 heterocycles. The molecule has 0 saturated heterocycles. The van der Waals surface area contributed by atoms with Crippen LogP contribution in [0.4, 0.5) is 0 Å². The molecular weight excluding hydrogens is 374 g/mol. The predicted molar refractivity (Wildman–Crippen MR) is 108 cm³/mol. The van der Waals surface area contributed by atoms with E-state index < -0.39 is 17.9 Å². The molecule has 1 atom stereocenters. The van der Waals surface area contributed by atoms with Crippen LogP contribution in [0.25, 0.3) is 11.1 Å². The highest BCUT2D eigenvalue weighted by Crippen LogP contribution is 2.44. The number of halogens is 1. The Morgan fingerprint density at radius 1 is 1.00 bits per heavy atom. The van der Waals surface area contributed by atoms with Crippen molar-refractivity contribution >= 4 is 23.4 Å². The summed E-state index contributed by atoms with van der Waals surface area (Å²) in [6.07, 6.45) is 1.83. The van der Waals surface area contributed by atoms with Gasteiger partial charge in [-0.1, -0.05) is 66.2 Å². The number of nitrogens with one attached hydrogen (secondary N) is 1. The van der Waals surface area contributed by atoms with Crippen molar-refractivity contribution in [2.75, 3.05) is 0 Å². The number of benzene rings is 2. The summed E-state index contributed by atoms with van der Waals surface area (Å²) in [4.78, 5) is 29.2. The van der Waals surface area contributed by atoms with E-state index in [1.54, 1.807) is 18.3 Å². The van der Waals surface area contributed by atoms with Gasteiger partial charge in [0.05, 0.1) is 5.92 Å². The zero-order chi connectivity index (χ0) is 19.7. The van der Waals surface area contributed by atoms with E-state index >= 15 is 0 Å². The van der Waals surface area contributed by atoms with Crippen LogP contribution in [0.5, 0.6) is 0 Å². The quantitative estimate of drug-likeness (QED) is 0.655. The lowest BCUT2D eigenvalue weighted by Gasteiger charge is -2.19. The molecule has 4 rings (SSSR count). The number of pyridine rings is 1. The molecule has 3 aromatic rings. The van der Waals surface area contributed by atoms with Gasteiger partial charge in [0.2, 0.25) is 11.8 Å². The van der Waals surface area contributed by atoms with Gasteiger partial charge in [-0.25, -0.2) is 4.98 Å². The van der Waals surface area contributed by atoms with E-state index in [0.717, 1.165) is 27.8 Å². The molecule has 0 unspecified atom stereocenters. The Morgan fingerprint density at radius 2 is 1.61 bits per heavy atom. The van der Waals surface area contributed by atoms with Gasteiger partial charge in [0.1, 0.15) is 11.2 Å². The molecule has 0 bridgehead atoms. The highest BCUT2D eigenvalue weighted by molar-refractivity contribution is 6.29. The number of amides is 2. The van der Waals surface area contributed by atoms with Crippen molar-refractivity contribution in [3.05, 3.63) is 88.7 Å². The number of carbonyl (C=O) groups excluding carboxylic acids is 2. The third-order valence-corrected chi connectivity index (χ3v) is 5.21. The number of rotatable bonds is 5. The van der Waals surface area contributed by atoms with Crippen molar-refractivity contribution in [1.82, 2.24) is 10.3 Å². The van der Waals surface area contributed by atoms with Gasteiger partial charge < -0.3 is 11.1 Å². The second kappa shape index (κ2) is 7.44.